The molecule has 0 unspecified atom stereocenters. The number of likely N-dealkylation sites (N-methyl/N-ethyl adjacent to an activating group) is 1. The van der Waals surface area contributed by atoms with Crippen LogP contribution in [0.5, 0.6) is 11.5 Å². The van der Waals surface area contributed by atoms with Crippen molar-refractivity contribution in [1.29, 1.82) is 0 Å². The van der Waals surface area contributed by atoms with Crippen LogP contribution < -0.4 is 10.1 Å². The van der Waals surface area contributed by atoms with Crippen LogP contribution in [0.2, 0.25) is 0 Å². The Labute approximate surface area is 127 Å². The molecule has 0 radical (unpaired) electrons. The maximum absolute atomic E-state index is 5.77. The minimum atomic E-state index is 0.857. The highest BCUT2D eigenvalue weighted by Gasteiger charge is 1.99. The van der Waals surface area contributed by atoms with Gasteiger partial charge in [-0.1, -0.05) is 32.0 Å². The van der Waals surface area contributed by atoms with Crippen molar-refractivity contribution in [2.45, 2.75) is 13.8 Å². The van der Waals surface area contributed by atoms with E-state index in [9.17, 15) is 0 Å². The van der Waals surface area contributed by atoms with Gasteiger partial charge in [-0.25, -0.2) is 0 Å². The van der Waals surface area contributed by atoms with E-state index >= 15 is 0 Å². The van der Waals surface area contributed by atoms with Gasteiger partial charge in [-0.15, -0.1) is 0 Å². The molecule has 2 aromatic rings. The molecule has 0 atom stereocenters. The molecule has 0 spiro atoms. The lowest BCUT2D eigenvalue weighted by atomic mass is 10.3. The van der Waals surface area contributed by atoms with Crippen LogP contribution in [-0.2, 0) is 0 Å². The molecule has 112 valence electrons. The van der Waals surface area contributed by atoms with E-state index < -0.39 is 0 Å². The second kappa shape index (κ2) is 8.32. The van der Waals surface area contributed by atoms with Gasteiger partial charge in [-0.05, 0) is 49.5 Å². The molecule has 0 heterocycles. The summed E-state index contributed by atoms with van der Waals surface area (Å²) < 4.78 is 5.77. The Morgan fingerprint density at radius 2 is 1.48 bits per heavy atom. The SMILES string of the molecule is CCN(CC)CCNc1ccc(Oc2ccccc2)cc1. The molecule has 1 N–H and O–H groups in total. The molecular weight excluding hydrogens is 260 g/mol. The van der Waals surface area contributed by atoms with Crippen molar-refractivity contribution < 1.29 is 4.74 Å². The average molecular weight is 284 g/mol. The lowest BCUT2D eigenvalue weighted by Gasteiger charge is -2.18. The molecular formula is C18H24N2O. The zero-order valence-electron chi connectivity index (χ0n) is 12.9. The first-order valence-electron chi connectivity index (χ1n) is 7.61. The van der Waals surface area contributed by atoms with E-state index in [0.717, 1.165) is 43.4 Å². The molecule has 0 aliphatic rings. The molecule has 0 aliphatic heterocycles. The fraction of sp³-hybridized carbons (Fsp3) is 0.333. The van der Waals surface area contributed by atoms with Crippen molar-refractivity contribution in [3.8, 4) is 11.5 Å². The highest BCUT2D eigenvalue weighted by molar-refractivity contribution is 5.47. The molecule has 2 aromatic carbocycles. The van der Waals surface area contributed by atoms with Crippen molar-refractivity contribution in [1.82, 2.24) is 4.90 Å². The Morgan fingerprint density at radius 3 is 2.10 bits per heavy atom. The normalized spacial score (nSPS) is 10.6. The van der Waals surface area contributed by atoms with Gasteiger partial charge in [0.2, 0.25) is 0 Å². The first-order chi connectivity index (χ1) is 10.3. The third-order valence-corrected chi connectivity index (χ3v) is 3.48. The van der Waals surface area contributed by atoms with Crippen LogP contribution in [0.25, 0.3) is 0 Å². The summed E-state index contributed by atoms with van der Waals surface area (Å²) in [5.41, 5.74) is 1.13. The highest BCUT2D eigenvalue weighted by Crippen LogP contribution is 2.22. The largest absolute Gasteiger partial charge is 0.457 e. The number of benzene rings is 2. The molecule has 0 aromatic heterocycles. The minimum absolute atomic E-state index is 0.857. The van der Waals surface area contributed by atoms with Crippen LogP contribution in [0.3, 0.4) is 0 Å². The van der Waals surface area contributed by atoms with Gasteiger partial charge in [0.05, 0.1) is 0 Å². The highest BCUT2D eigenvalue weighted by atomic mass is 16.5. The summed E-state index contributed by atoms with van der Waals surface area (Å²) in [5.74, 6) is 1.72. The van der Waals surface area contributed by atoms with Gasteiger partial charge in [-0.3, -0.25) is 0 Å². The van der Waals surface area contributed by atoms with E-state index in [1.165, 1.54) is 0 Å². The summed E-state index contributed by atoms with van der Waals surface area (Å²) in [6, 6.07) is 17.9. The molecule has 0 amide bonds. The monoisotopic (exact) mass is 284 g/mol. The van der Waals surface area contributed by atoms with E-state index in [2.05, 4.69) is 36.2 Å². The van der Waals surface area contributed by atoms with E-state index in [1.807, 2.05) is 42.5 Å². The van der Waals surface area contributed by atoms with Crippen molar-refractivity contribution in [2.24, 2.45) is 0 Å². The maximum Gasteiger partial charge on any atom is 0.127 e. The number of nitrogens with zero attached hydrogens (tertiary/aromatic N) is 1. The summed E-state index contributed by atoms with van der Waals surface area (Å²) in [7, 11) is 0. The Bertz CT molecular complexity index is 507. The molecule has 0 fully saturated rings. The molecule has 0 bridgehead atoms. The second-order valence-corrected chi connectivity index (χ2v) is 4.89. The van der Waals surface area contributed by atoms with Gasteiger partial charge in [0, 0.05) is 18.8 Å². The number of ether oxygens (including phenoxy) is 1. The van der Waals surface area contributed by atoms with Crippen LogP contribution in [0.4, 0.5) is 5.69 Å². The fourth-order valence-corrected chi connectivity index (χ4v) is 2.16. The minimum Gasteiger partial charge on any atom is -0.457 e. The summed E-state index contributed by atoms with van der Waals surface area (Å²) in [6.07, 6.45) is 0. The smallest absolute Gasteiger partial charge is 0.127 e. The Balaban J connectivity index is 1.82. The topological polar surface area (TPSA) is 24.5 Å². The third kappa shape index (κ3) is 5.12. The zero-order chi connectivity index (χ0) is 14.9. The molecule has 2 rings (SSSR count). The number of para-hydroxylation sites is 1. The van der Waals surface area contributed by atoms with E-state index in [-0.39, 0.29) is 0 Å². The Kier molecular flexibility index (Phi) is 6.10. The molecule has 0 saturated carbocycles. The van der Waals surface area contributed by atoms with Crippen molar-refractivity contribution in [3.05, 3.63) is 54.6 Å². The number of nitrogens with one attached hydrogen (secondary N) is 1. The van der Waals surface area contributed by atoms with E-state index in [0.29, 0.717) is 0 Å². The van der Waals surface area contributed by atoms with Crippen LogP contribution in [-0.4, -0.2) is 31.1 Å². The van der Waals surface area contributed by atoms with Gasteiger partial charge < -0.3 is 15.0 Å². The van der Waals surface area contributed by atoms with Crippen LogP contribution in [0.1, 0.15) is 13.8 Å². The Hall–Kier alpha value is -2.00. The zero-order valence-corrected chi connectivity index (χ0v) is 12.9. The van der Waals surface area contributed by atoms with Gasteiger partial charge in [0.15, 0.2) is 0 Å². The maximum atomic E-state index is 5.77. The second-order valence-electron chi connectivity index (χ2n) is 4.89. The quantitative estimate of drug-likeness (QED) is 0.785. The molecule has 0 saturated heterocycles. The van der Waals surface area contributed by atoms with Crippen LogP contribution in [0.15, 0.2) is 54.6 Å². The first-order valence-corrected chi connectivity index (χ1v) is 7.61. The summed E-state index contributed by atoms with van der Waals surface area (Å²) in [4.78, 5) is 2.40. The van der Waals surface area contributed by atoms with Crippen molar-refractivity contribution >= 4 is 5.69 Å². The number of hydrogen-bond acceptors (Lipinski definition) is 3. The summed E-state index contributed by atoms with van der Waals surface area (Å²) in [6.45, 7) is 8.61. The third-order valence-electron chi connectivity index (χ3n) is 3.48. The lowest BCUT2D eigenvalue weighted by Crippen LogP contribution is -2.28. The Morgan fingerprint density at radius 1 is 0.857 bits per heavy atom. The first kappa shape index (κ1) is 15.4. The number of hydrogen-bond donors (Lipinski definition) is 1. The lowest BCUT2D eigenvalue weighted by molar-refractivity contribution is 0.316. The molecule has 3 heteroatoms. The fourth-order valence-electron chi connectivity index (χ4n) is 2.16. The predicted octanol–water partition coefficient (Wildman–Crippen LogP) is 4.23. The van der Waals surface area contributed by atoms with Gasteiger partial charge in [0.1, 0.15) is 11.5 Å². The van der Waals surface area contributed by atoms with Crippen LogP contribution in [0, 0.1) is 0 Å². The average Bonchev–Trinajstić information content (AvgIpc) is 2.54. The van der Waals surface area contributed by atoms with Crippen molar-refractivity contribution in [3.63, 3.8) is 0 Å². The van der Waals surface area contributed by atoms with Gasteiger partial charge >= 0.3 is 0 Å². The molecule has 0 aliphatic carbocycles. The van der Waals surface area contributed by atoms with Crippen LogP contribution >= 0.6 is 0 Å². The summed E-state index contributed by atoms with van der Waals surface area (Å²) >= 11 is 0. The number of rotatable bonds is 8. The van der Waals surface area contributed by atoms with Gasteiger partial charge in [-0.2, -0.15) is 0 Å². The van der Waals surface area contributed by atoms with Crippen molar-refractivity contribution in [2.75, 3.05) is 31.5 Å². The molecule has 3 nitrogen and oxygen atoms in total. The number of anilines is 1. The van der Waals surface area contributed by atoms with E-state index in [1.54, 1.807) is 0 Å². The van der Waals surface area contributed by atoms with Gasteiger partial charge in [0.25, 0.3) is 0 Å². The predicted molar refractivity (Wildman–Crippen MR) is 89.2 cm³/mol. The van der Waals surface area contributed by atoms with E-state index in [4.69, 9.17) is 4.74 Å². The summed E-state index contributed by atoms with van der Waals surface area (Å²) in [5, 5.41) is 3.44. The molecule has 21 heavy (non-hydrogen) atoms. The standard InChI is InChI=1S/C18H24N2O/c1-3-20(4-2)15-14-19-16-10-12-18(13-11-16)21-17-8-6-5-7-9-17/h5-13,19H,3-4,14-15H2,1-2H3.